The Hall–Kier alpha value is -3.98. The Balaban J connectivity index is 1.22. The number of aromatic nitrogens is 2. The van der Waals surface area contributed by atoms with Crippen molar-refractivity contribution < 1.29 is 14.4 Å². The minimum absolute atomic E-state index is 0.0145. The summed E-state index contributed by atoms with van der Waals surface area (Å²) in [7, 11) is 2.12. The van der Waals surface area contributed by atoms with Crippen molar-refractivity contribution in [2.75, 3.05) is 25.5 Å². The summed E-state index contributed by atoms with van der Waals surface area (Å²) in [6.07, 6.45) is 6.08. The van der Waals surface area contributed by atoms with Gasteiger partial charge in [0.2, 0.25) is 11.8 Å². The van der Waals surface area contributed by atoms with Gasteiger partial charge in [0.15, 0.2) is 0 Å². The lowest BCUT2D eigenvalue weighted by Crippen LogP contribution is -2.58. The number of aromatic amines is 1. The number of hydrogen-bond donors (Lipinski definition) is 3. The van der Waals surface area contributed by atoms with Gasteiger partial charge in [-0.3, -0.25) is 19.4 Å². The Labute approximate surface area is 246 Å². The molecule has 1 aromatic carbocycles. The van der Waals surface area contributed by atoms with Crippen LogP contribution in [0.2, 0.25) is 0 Å². The first kappa shape index (κ1) is 26.9. The maximum Gasteiger partial charge on any atom is 0.253 e. The molecule has 1 spiro atoms. The molecule has 4 aliphatic rings. The van der Waals surface area contributed by atoms with Crippen molar-refractivity contribution in [3.63, 3.8) is 0 Å². The fourth-order valence-electron chi connectivity index (χ4n) is 7.60. The van der Waals surface area contributed by atoms with Crippen LogP contribution in [0.1, 0.15) is 77.0 Å². The van der Waals surface area contributed by atoms with E-state index in [-0.39, 0.29) is 29.7 Å². The zero-order chi connectivity index (χ0) is 29.0. The van der Waals surface area contributed by atoms with E-state index in [4.69, 9.17) is 0 Å². The van der Waals surface area contributed by atoms with Crippen LogP contribution in [0.3, 0.4) is 0 Å². The Morgan fingerprint density at radius 3 is 2.64 bits per heavy atom. The molecule has 5 heterocycles. The second-order valence-electron chi connectivity index (χ2n) is 12.7. The van der Waals surface area contributed by atoms with Gasteiger partial charge in [0, 0.05) is 54.6 Å². The van der Waals surface area contributed by atoms with E-state index in [0.717, 1.165) is 60.7 Å². The molecule has 1 saturated heterocycles. The smallest absolute Gasteiger partial charge is 0.253 e. The van der Waals surface area contributed by atoms with E-state index in [9.17, 15) is 14.4 Å². The fourth-order valence-corrected chi connectivity index (χ4v) is 7.60. The highest BCUT2D eigenvalue weighted by atomic mass is 16.2. The highest BCUT2D eigenvalue weighted by Gasteiger charge is 2.52. The van der Waals surface area contributed by atoms with E-state index in [1.807, 2.05) is 29.2 Å². The quantitative estimate of drug-likeness (QED) is 0.418. The zero-order valence-electron chi connectivity index (χ0n) is 24.3. The normalized spacial score (nSPS) is 28.1. The van der Waals surface area contributed by atoms with Gasteiger partial charge < -0.3 is 25.4 Å². The van der Waals surface area contributed by atoms with Crippen LogP contribution in [0.5, 0.6) is 0 Å². The van der Waals surface area contributed by atoms with Gasteiger partial charge in [0.05, 0.1) is 11.0 Å². The summed E-state index contributed by atoms with van der Waals surface area (Å²) in [6.45, 7) is 4.51. The zero-order valence-corrected chi connectivity index (χ0v) is 24.3. The fraction of sp³-hybridized carbons (Fsp3) is 0.455. The molecule has 0 radical (unpaired) electrons. The molecule has 218 valence electrons. The maximum atomic E-state index is 13.8. The molecular formula is C33H38N6O3. The van der Waals surface area contributed by atoms with Crippen LogP contribution in [0.25, 0.3) is 0 Å². The minimum Gasteiger partial charge on any atom is -0.344 e. The number of pyridine rings is 1. The third-order valence-electron chi connectivity index (χ3n) is 9.90. The number of piperidine rings is 1. The van der Waals surface area contributed by atoms with Crippen LogP contribution in [-0.2, 0) is 34.4 Å². The largest absolute Gasteiger partial charge is 0.344 e. The topological polar surface area (TPSA) is 110 Å². The van der Waals surface area contributed by atoms with Gasteiger partial charge in [-0.15, -0.1) is 0 Å². The molecule has 9 nitrogen and oxygen atoms in total. The van der Waals surface area contributed by atoms with E-state index in [1.54, 1.807) is 6.20 Å². The predicted molar refractivity (Wildman–Crippen MR) is 159 cm³/mol. The lowest BCUT2D eigenvalue weighted by Gasteiger charge is -2.43. The number of amides is 3. The van der Waals surface area contributed by atoms with Crippen molar-refractivity contribution in [2.24, 2.45) is 0 Å². The minimum atomic E-state index is -0.715. The summed E-state index contributed by atoms with van der Waals surface area (Å²) >= 11 is 0. The van der Waals surface area contributed by atoms with E-state index in [0.29, 0.717) is 31.4 Å². The molecule has 1 aliphatic carbocycles. The summed E-state index contributed by atoms with van der Waals surface area (Å²) in [5, 5.41) is 6.14. The molecule has 9 heteroatoms. The highest BCUT2D eigenvalue weighted by Crippen LogP contribution is 2.47. The van der Waals surface area contributed by atoms with Crippen molar-refractivity contribution in [2.45, 2.75) is 75.4 Å². The summed E-state index contributed by atoms with van der Waals surface area (Å²) in [5.41, 5.74) is 4.71. The second-order valence-corrected chi connectivity index (χ2v) is 12.7. The van der Waals surface area contributed by atoms with Gasteiger partial charge in [-0.2, -0.15) is 0 Å². The van der Waals surface area contributed by atoms with Gasteiger partial charge >= 0.3 is 0 Å². The number of fused-ring (bicyclic) bond motifs is 4. The molecule has 1 fully saturated rings. The number of carbonyl (C=O) groups is 3. The Morgan fingerprint density at radius 1 is 1.00 bits per heavy atom. The molecule has 3 aliphatic heterocycles. The van der Waals surface area contributed by atoms with E-state index < -0.39 is 11.5 Å². The van der Waals surface area contributed by atoms with E-state index >= 15 is 0 Å². The SMILES string of the molecule is CC1C(c2ccccc2)CC2NC(=O)c3cnc4c(c3)C[C@@]3(C4)C(=O)Nc4[nH]c(cc43)CN(C)CCCCCN1C2=O. The summed E-state index contributed by atoms with van der Waals surface area (Å²) in [6, 6.07) is 13.7. The van der Waals surface area contributed by atoms with Gasteiger partial charge in [0.25, 0.3) is 5.91 Å². The summed E-state index contributed by atoms with van der Waals surface area (Å²) < 4.78 is 0. The predicted octanol–water partition coefficient (Wildman–Crippen LogP) is 3.52. The van der Waals surface area contributed by atoms with Crippen molar-refractivity contribution >= 4 is 23.5 Å². The van der Waals surface area contributed by atoms with Gasteiger partial charge in [0.1, 0.15) is 11.9 Å². The van der Waals surface area contributed by atoms with Crippen molar-refractivity contribution in [1.29, 1.82) is 0 Å². The van der Waals surface area contributed by atoms with Crippen LogP contribution in [0.15, 0.2) is 48.7 Å². The van der Waals surface area contributed by atoms with Crippen LogP contribution < -0.4 is 10.6 Å². The Morgan fingerprint density at radius 2 is 1.81 bits per heavy atom. The molecule has 3 unspecified atom stereocenters. The summed E-state index contributed by atoms with van der Waals surface area (Å²) in [4.78, 5) is 53.1. The van der Waals surface area contributed by atoms with Gasteiger partial charge in [-0.05, 0) is 69.5 Å². The molecule has 7 bridgehead atoms. The van der Waals surface area contributed by atoms with Crippen LogP contribution in [-0.4, -0.2) is 69.7 Å². The molecule has 0 saturated carbocycles. The third-order valence-corrected chi connectivity index (χ3v) is 9.90. The molecular weight excluding hydrogens is 528 g/mol. The standard InChI is InChI=1S/C33H38N6O3/c1-20-25(21-9-5-3-6-10-21)15-27-31(41)39(20)12-8-4-7-11-38(2)19-24-14-26-29(35-24)37-32(42)33(26)16-22-13-23(30(40)36-27)18-34-28(22)17-33/h3,5-6,9-10,13-14,18,20,25,27,35H,4,7-8,11-12,15-17,19H2,1-2H3,(H,36,40)(H,37,42)/t20?,25?,27?,33-/m0/s1. The third kappa shape index (κ3) is 4.51. The first-order chi connectivity index (χ1) is 20.3. The lowest BCUT2D eigenvalue weighted by molar-refractivity contribution is -0.139. The van der Waals surface area contributed by atoms with Crippen LogP contribution in [0.4, 0.5) is 5.82 Å². The van der Waals surface area contributed by atoms with E-state index in [1.165, 1.54) is 5.56 Å². The number of H-pyrrole nitrogens is 1. The first-order valence-corrected chi connectivity index (χ1v) is 15.2. The molecule has 4 atom stereocenters. The van der Waals surface area contributed by atoms with Gasteiger partial charge in [-0.1, -0.05) is 36.8 Å². The summed E-state index contributed by atoms with van der Waals surface area (Å²) in [5.74, 6) is 0.560. The number of benzene rings is 1. The number of rotatable bonds is 1. The molecule has 3 amide bonds. The number of nitrogens with one attached hydrogen (secondary N) is 3. The monoisotopic (exact) mass is 566 g/mol. The molecule has 2 aromatic heterocycles. The molecule has 7 rings (SSSR count). The van der Waals surface area contributed by atoms with Crippen molar-refractivity contribution in [1.82, 2.24) is 25.1 Å². The highest BCUT2D eigenvalue weighted by molar-refractivity contribution is 6.06. The number of hydrogen-bond acceptors (Lipinski definition) is 5. The second kappa shape index (κ2) is 10.4. The first-order valence-electron chi connectivity index (χ1n) is 15.2. The van der Waals surface area contributed by atoms with Crippen molar-refractivity contribution in [3.05, 3.63) is 82.3 Å². The number of carbonyl (C=O) groups excluding carboxylic acids is 3. The van der Waals surface area contributed by atoms with Crippen LogP contribution >= 0.6 is 0 Å². The number of nitrogens with zero attached hydrogens (tertiary/aromatic N) is 3. The average Bonchev–Trinajstić information content (AvgIpc) is 3.63. The molecule has 42 heavy (non-hydrogen) atoms. The Bertz CT molecular complexity index is 1550. The van der Waals surface area contributed by atoms with Crippen molar-refractivity contribution in [3.8, 4) is 0 Å². The lowest BCUT2D eigenvalue weighted by atomic mass is 9.80. The molecule has 3 aromatic rings. The average molecular weight is 567 g/mol. The molecule has 3 N–H and O–H groups in total. The Kier molecular flexibility index (Phi) is 6.65. The maximum absolute atomic E-state index is 13.8. The van der Waals surface area contributed by atoms with E-state index in [2.05, 4.69) is 57.7 Å². The van der Waals surface area contributed by atoms with Crippen LogP contribution in [0, 0.1) is 0 Å². The number of anilines is 1. The van der Waals surface area contributed by atoms with Gasteiger partial charge in [-0.25, -0.2) is 0 Å².